The van der Waals surface area contributed by atoms with Gasteiger partial charge in [-0.05, 0) is 25.0 Å². The van der Waals surface area contributed by atoms with Crippen molar-refractivity contribution in [2.75, 3.05) is 46.5 Å². The van der Waals surface area contributed by atoms with Gasteiger partial charge in [0.25, 0.3) is 0 Å². The molecule has 134 valence electrons. The average Bonchev–Trinajstić information content (AvgIpc) is 2.98. The Bertz CT molecular complexity index is 673. The van der Waals surface area contributed by atoms with Gasteiger partial charge in [-0.2, -0.15) is 4.31 Å². The number of rotatable bonds is 5. The molecule has 6 nitrogen and oxygen atoms in total. The second kappa shape index (κ2) is 7.09. The van der Waals surface area contributed by atoms with Crippen molar-refractivity contribution >= 4 is 10.0 Å². The first-order valence-corrected chi connectivity index (χ1v) is 9.82. The maximum absolute atomic E-state index is 13.0. The molecule has 1 aromatic rings. The summed E-state index contributed by atoms with van der Waals surface area (Å²) in [4.78, 5) is 2.68. The van der Waals surface area contributed by atoms with Crippen molar-refractivity contribution in [3.05, 3.63) is 29.8 Å². The predicted octanol–water partition coefficient (Wildman–Crippen LogP) is 1.32. The van der Waals surface area contributed by atoms with Crippen molar-refractivity contribution in [3.8, 4) is 0 Å². The molecule has 2 saturated heterocycles. The molecule has 0 bridgehead atoms. The first-order chi connectivity index (χ1) is 11.4. The minimum atomic E-state index is -3.47. The molecule has 0 aromatic heterocycles. The molecular formula is C17H26N2O4S. The van der Waals surface area contributed by atoms with E-state index in [9.17, 15) is 8.42 Å². The van der Waals surface area contributed by atoms with E-state index in [1.807, 2.05) is 12.1 Å². The highest BCUT2D eigenvalue weighted by Crippen LogP contribution is 2.28. The van der Waals surface area contributed by atoms with Crippen molar-refractivity contribution in [1.29, 1.82) is 0 Å². The average molecular weight is 354 g/mol. The number of methoxy groups -OCH3 is 1. The summed E-state index contributed by atoms with van der Waals surface area (Å²) in [6.07, 6.45) is 0.960. The van der Waals surface area contributed by atoms with Crippen LogP contribution in [0.5, 0.6) is 0 Å². The van der Waals surface area contributed by atoms with E-state index >= 15 is 0 Å². The van der Waals surface area contributed by atoms with Crippen LogP contribution >= 0.6 is 0 Å². The molecule has 1 unspecified atom stereocenters. The van der Waals surface area contributed by atoms with Crippen LogP contribution in [0, 0.1) is 0 Å². The van der Waals surface area contributed by atoms with Crippen LogP contribution in [0.2, 0.25) is 0 Å². The highest BCUT2D eigenvalue weighted by atomic mass is 32.2. The summed E-state index contributed by atoms with van der Waals surface area (Å²) >= 11 is 0. The van der Waals surface area contributed by atoms with Gasteiger partial charge >= 0.3 is 0 Å². The first kappa shape index (κ1) is 17.8. The van der Waals surface area contributed by atoms with Gasteiger partial charge in [0.1, 0.15) is 0 Å². The lowest BCUT2D eigenvalue weighted by atomic mass is 10.1. The largest absolute Gasteiger partial charge is 0.379 e. The van der Waals surface area contributed by atoms with Gasteiger partial charge in [-0.15, -0.1) is 0 Å². The fraction of sp³-hybridized carbons (Fsp3) is 0.647. The maximum Gasteiger partial charge on any atom is 0.243 e. The van der Waals surface area contributed by atoms with E-state index in [4.69, 9.17) is 9.47 Å². The molecule has 0 saturated carbocycles. The first-order valence-electron chi connectivity index (χ1n) is 8.38. The lowest BCUT2D eigenvalue weighted by molar-refractivity contribution is 0.0142. The number of morpholine rings is 1. The van der Waals surface area contributed by atoms with Crippen molar-refractivity contribution in [1.82, 2.24) is 9.21 Å². The van der Waals surface area contributed by atoms with Gasteiger partial charge in [-0.25, -0.2) is 8.42 Å². The van der Waals surface area contributed by atoms with Gasteiger partial charge in [0.15, 0.2) is 0 Å². The van der Waals surface area contributed by atoms with E-state index in [1.165, 1.54) is 4.31 Å². The van der Waals surface area contributed by atoms with Gasteiger partial charge in [-0.1, -0.05) is 18.2 Å². The van der Waals surface area contributed by atoms with Gasteiger partial charge in [-0.3, -0.25) is 4.90 Å². The van der Waals surface area contributed by atoms with Gasteiger partial charge in [0.2, 0.25) is 10.0 Å². The van der Waals surface area contributed by atoms with Gasteiger partial charge in [0, 0.05) is 39.8 Å². The lowest BCUT2D eigenvalue weighted by Gasteiger charge is -2.28. The molecule has 1 aromatic carbocycles. The smallest absolute Gasteiger partial charge is 0.243 e. The number of hydrogen-bond acceptors (Lipinski definition) is 5. The van der Waals surface area contributed by atoms with Crippen LogP contribution in [0.15, 0.2) is 29.2 Å². The van der Waals surface area contributed by atoms with E-state index in [2.05, 4.69) is 11.8 Å². The third kappa shape index (κ3) is 3.65. The fourth-order valence-electron chi connectivity index (χ4n) is 3.38. The summed E-state index contributed by atoms with van der Waals surface area (Å²) < 4.78 is 38.4. The summed E-state index contributed by atoms with van der Waals surface area (Å²) in [5, 5.41) is 0. The Morgan fingerprint density at radius 2 is 1.92 bits per heavy atom. The fourth-order valence-corrected chi connectivity index (χ4v) is 5.00. The van der Waals surface area contributed by atoms with Gasteiger partial charge in [0.05, 0.1) is 23.7 Å². The second-order valence-corrected chi connectivity index (χ2v) is 8.65. The Hall–Kier alpha value is -0.990. The summed E-state index contributed by atoms with van der Waals surface area (Å²) in [6, 6.07) is 7.32. The van der Waals surface area contributed by atoms with Crippen LogP contribution in [0.25, 0.3) is 0 Å². The molecule has 0 aliphatic carbocycles. The number of ether oxygens (including phenoxy) is 2. The molecule has 24 heavy (non-hydrogen) atoms. The summed E-state index contributed by atoms with van der Waals surface area (Å²) in [6.45, 7) is 6.21. The minimum absolute atomic E-state index is 0.141. The number of sulfonamides is 1. The molecule has 0 N–H and O–H groups in total. The summed E-state index contributed by atoms with van der Waals surface area (Å²) in [5.41, 5.74) is 0.710. The summed E-state index contributed by atoms with van der Waals surface area (Å²) in [7, 11) is -1.74. The zero-order valence-corrected chi connectivity index (χ0v) is 15.2. The Kier molecular flexibility index (Phi) is 5.27. The molecule has 3 rings (SSSR count). The normalized spacial score (nSPS) is 26.8. The maximum atomic E-state index is 13.0. The zero-order chi connectivity index (χ0) is 17.2. The lowest BCUT2D eigenvalue weighted by Crippen LogP contribution is -2.41. The van der Waals surface area contributed by atoms with E-state index < -0.39 is 10.0 Å². The molecule has 2 fully saturated rings. The third-order valence-corrected chi connectivity index (χ3v) is 6.96. The third-order valence-electron chi connectivity index (χ3n) is 4.96. The van der Waals surface area contributed by atoms with Crippen molar-refractivity contribution < 1.29 is 17.9 Å². The van der Waals surface area contributed by atoms with Crippen LogP contribution in [-0.2, 0) is 26.0 Å². The van der Waals surface area contributed by atoms with Crippen LogP contribution in [-0.4, -0.2) is 69.7 Å². The number of likely N-dealkylation sites (tertiary alicyclic amines) is 1. The monoisotopic (exact) mass is 354 g/mol. The van der Waals surface area contributed by atoms with Crippen LogP contribution in [0.1, 0.15) is 18.9 Å². The van der Waals surface area contributed by atoms with Crippen LogP contribution in [0.4, 0.5) is 0 Å². The predicted molar refractivity (Wildman–Crippen MR) is 91.3 cm³/mol. The standard InChI is InChI=1S/C17H26N2O4S/c1-17(22-2)7-8-18(14-17)13-15-5-3-4-6-16(15)24(20,21)19-9-11-23-12-10-19/h3-6H,7-14H2,1-2H3. The molecule has 2 heterocycles. The highest BCUT2D eigenvalue weighted by molar-refractivity contribution is 7.89. The Labute approximate surface area is 144 Å². The van der Waals surface area contributed by atoms with Crippen molar-refractivity contribution in [3.63, 3.8) is 0 Å². The van der Waals surface area contributed by atoms with Crippen LogP contribution in [0.3, 0.4) is 0 Å². The number of nitrogens with zero attached hydrogens (tertiary/aromatic N) is 2. The SMILES string of the molecule is COC1(C)CCN(Cc2ccccc2S(=O)(=O)N2CCOCC2)C1. The molecule has 0 radical (unpaired) electrons. The molecule has 0 spiro atoms. The topological polar surface area (TPSA) is 59.1 Å². The van der Waals surface area contributed by atoms with Gasteiger partial charge < -0.3 is 9.47 Å². The molecule has 1 atom stereocenters. The summed E-state index contributed by atoms with van der Waals surface area (Å²) in [5.74, 6) is 0. The van der Waals surface area contributed by atoms with Crippen molar-refractivity contribution in [2.24, 2.45) is 0 Å². The molecule has 2 aliphatic heterocycles. The van der Waals surface area contributed by atoms with E-state index in [0.717, 1.165) is 25.1 Å². The minimum Gasteiger partial charge on any atom is -0.379 e. The zero-order valence-electron chi connectivity index (χ0n) is 14.4. The number of benzene rings is 1. The van der Waals surface area contributed by atoms with E-state index in [-0.39, 0.29) is 5.60 Å². The molecule has 7 heteroatoms. The highest BCUT2D eigenvalue weighted by Gasteiger charge is 2.35. The molecular weight excluding hydrogens is 328 g/mol. The van der Waals surface area contributed by atoms with Crippen molar-refractivity contribution in [2.45, 2.75) is 30.4 Å². The van der Waals surface area contributed by atoms with E-state index in [1.54, 1.807) is 19.2 Å². The number of hydrogen-bond donors (Lipinski definition) is 0. The van der Waals surface area contributed by atoms with Crippen LogP contribution < -0.4 is 0 Å². The molecule has 0 amide bonds. The quantitative estimate of drug-likeness (QED) is 0.798. The Balaban J connectivity index is 1.81. The molecule has 2 aliphatic rings. The second-order valence-electron chi connectivity index (χ2n) is 6.74. The van der Waals surface area contributed by atoms with E-state index in [0.29, 0.717) is 37.7 Å². The Morgan fingerprint density at radius 3 is 2.58 bits per heavy atom. The Morgan fingerprint density at radius 1 is 1.21 bits per heavy atom.